The SMILES string of the molecule is CCCCCCCCS(=O)(=O)[O-].F.[K+]. The quantitative estimate of drug-likeness (QED) is 0.333. The van der Waals surface area contributed by atoms with E-state index >= 15 is 0 Å². The first-order valence-corrected chi connectivity index (χ1v) is 6.07. The molecule has 0 bridgehead atoms. The molecular weight excluding hydrogens is 234 g/mol. The zero-order chi connectivity index (χ0) is 9.45. The molecule has 0 aromatic heterocycles. The fraction of sp³-hybridized carbons (Fsp3) is 1.00. The van der Waals surface area contributed by atoms with E-state index in [0.29, 0.717) is 6.42 Å². The molecule has 0 N–H and O–H groups in total. The van der Waals surface area contributed by atoms with Gasteiger partial charge < -0.3 is 4.55 Å². The molecule has 0 aliphatic carbocycles. The molecule has 0 aliphatic heterocycles. The van der Waals surface area contributed by atoms with E-state index in [2.05, 4.69) is 6.92 Å². The van der Waals surface area contributed by atoms with E-state index in [1.807, 2.05) is 0 Å². The molecule has 0 fully saturated rings. The molecule has 82 valence electrons. The first-order valence-electron chi connectivity index (χ1n) is 4.50. The van der Waals surface area contributed by atoms with Crippen LogP contribution in [-0.2, 0) is 10.1 Å². The summed E-state index contributed by atoms with van der Waals surface area (Å²) in [5.74, 6) is -0.195. The van der Waals surface area contributed by atoms with Crippen LogP contribution >= 0.6 is 0 Å². The van der Waals surface area contributed by atoms with Crippen LogP contribution in [0.4, 0.5) is 4.70 Å². The zero-order valence-electron chi connectivity index (χ0n) is 8.99. The largest absolute Gasteiger partial charge is 1.00 e. The third kappa shape index (κ3) is 19.1. The standard InChI is InChI=1S/C8H18O3S.FH.K/c1-2-3-4-5-6-7-8-12(9,10)11;;/h2-8H2,1H3,(H,9,10,11);1H;/q;;+1/p-1. The molecule has 0 saturated carbocycles. The van der Waals surface area contributed by atoms with Gasteiger partial charge in [-0.2, -0.15) is 0 Å². The van der Waals surface area contributed by atoms with Crippen molar-refractivity contribution >= 4 is 10.1 Å². The summed E-state index contributed by atoms with van der Waals surface area (Å²) in [7, 11) is -3.97. The first kappa shape index (κ1) is 20.8. The fourth-order valence-corrected chi connectivity index (χ4v) is 1.62. The van der Waals surface area contributed by atoms with Crippen molar-refractivity contribution in [2.24, 2.45) is 0 Å². The predicted octanol–water partition coefficient (Wildman–Crippen LogP) is -0.951. The van der Waals surface area contributed by atoms with E-state index in [0.717, 1.165) is 19.3 Å². The molecule has 0 saturated heterocycles. The second kappa shape index (κ2) is 12.5. The molecule has 0 aliphatic rings. The molecular formula is C8H18FKO3S. The van der Waals surface area contributed by atoms with Crippen molar-refractivity contribution < 1.29 is 69.1 Å². The van der Waals surface area contributed by atoms with Gasteiger partial charge >= 0.3 is 51.4 Å². The van der Waals surface area contributed by atoms with Gasteiger partial charge in [0.25, 0.3) is 0 Å². The van der Waals surface area contributed by atoms with Crippen molar-refractivity contribution in [3.05, 3.63) is 0 Å². The molecule has 0 rings (SSSR count). The maximum Gasteiger partial charge on any atom is 1.00 e. The van der Waals surface area contributed by atoms with Gasteiger partial charge in [0.1, 0.15) is 0 Å². The number of hydrogen-bond donors (Lipinski definition) is 0. The smallest absolute Gasteiger partial charge is 0.748 e. The van der Waals surface area contributed by atoms with Crippen LogP contribution in [0, 0.1) is 0 Å². The molecule has 0 radical (unpaired) electrons. The van der Waals surface area contributed by atoms with Crippen molar-refractivity contribution in [2.45, 2.75) is 45.4 Å². The third-order valence-electron chi connectivity index (χ3n) is 1.75. The van der Waals surface area contributed by atoms with Crippen molar-refractivity contribution in [1.82, 2.24) is 0 Å². The summed E-state index contributed by atoms with van der Waals surface area (Å²) in [5, 5.41) is 0. The Morgan fingerprint density at radius 2 is 1.43 bits per heavy atom. The van der Waals surface area contributed by atoms with Crippen LogP contribution < -0.4 is 51.4 Å². The Morgan fingerprint density at radius 1 is 1.00 bits per heavy atom. The average Bonchev–Trinajstić information content (AvgIpc) is 1.94. The van der Waals surface area contributed by atoms with Crippen LogP contribution in [0.5, 0.6) is 0 Å². The zero-order valence-corrected chi connectivity index (χ0v) is 12.9. The van der Waals surface area contributed by atoms with Crippen molar-refractivity contribution in [2.75, 3.05) is 5.75 Å². The molecule has 0 amide bonds. The maximum atomic E-state index is 10.2. The summed E-state index contributed by atoms with van der Waals surface area (Å²) < 4.78 is 30.5. The van der Waals surface area contributed by atoms with Crippen LogP contribution in [0.3, 0.4) is 0 Å². The summed E-state index contributed by atoms with van der Waals surface area (Å²) in [6.45, 7) is 2.13. The molecule has 6 heteroatoms. The monoisotopic (exact) mass is 252 g/mol. The van der Waals surface area contributed by atoms with Crippen molar-refractivity contribution in [3.63, 3.8) is 0 Å². The molecule has 3 nitrogen and oxygen atoms in total. The van der Waals surface area contributed by atoms with Gasteiger partial charge in [0.05, 0.1) is 10.1 Å². The Morgan fingerprint density at radius 3 is 1.86 bits per heavy atom. The molecule has 0 spiro atoms. The molecule has 0 aromatic rings. The molecule has 0 aromatic carbocycles. The average molecular weight is 252 g/mol. The van der Waals surface area contributed by atoms with Crippen LogP contribution in [0.15, 0.2) is 0 Å². The summed E-state index contributed by atoms with van der Waals surface area (Å²) in [5.41, 5.74) is 0. The summed E-state index contributed by atoms with van der Waals surface area (Å²) >= 11 is 0. The molecule has 0 heterocycles. The molecule has 0 atom stereocenters. The fourth-order valence-electron chi connectivity index (χ4n) is 1.06. The number of rotatable bonds is 7. The number of hydrogen-bond acceptors (Lipinski definition) is 3. The minimum absolute atomic E-state index is 0. The van der Waals surface area contributed by atoms with Gasteiger partial charge in [-0.1, -0.05) is 39.0 Å². The first-order chi connectivity index (χ1) is 5.56. The van der Waals surface area contributed by atoms with Gasteiger partial charge in [0.2, 0.25) is 0 Å². The predicted molar refractivity (Wildman–Crippen MR) is 50.4 cm³/mol. The van der Waals surface area contributed by atoms with Crippen LogP contribution in [0.2, 0.25) is 0 Å². The topological polar surface area (TPSA) is 57.2 Å². The normalized spacial score (nSPS) is 10.1. The molecule has 0 unspecified atom stereocenters. The Hall–Kier alpha value is 1.48. The number of halogens is 1. The van der Waals surface area contributed by atoms with Crippen LogP contribution in [0.1, 0.15) is 45.4 Å². The van der Waals surface area contributed by atoms with Gasteiger partial charge in [-0.25, -0.2) is 8.42 Å². The van der Waals surface area contributed by atoms with Crippen LogP contribution in [-0.4, -0.2) is 18.7 Å². The Kier molecular flexibility index (Phi) is 18.7. The Balaban J connectivity index is -0.000000605. The minimum atomic E-state index is -3.97. The van der Waals surface area contributed by atoms with Crippen molar-refractivity contribution in [3.8, 4) is 0 Å². The van der Waals surface area contributed by atoms with Gasteiger partial charge in [0, 0.05) is 5.75 Å². The van der Waals surface area contributed by atoms with Gasteiger partial charge in [-0.15, -0.1) is 0 Å². The van der Waals surface area contributed by atoms with Gasteiger partial charge in [0.15, 0.2) is 0 Å². The Bertz CT molecular complexity index is 195. The van der Waals surface area contributed by atoms with Crippen molar-refractivity contribution in [1.29, 1.82) is 0 Å². The van der Waals surface area contributed by atoms with E-state index in [-0.39, 0.29) is 61.8 Å². The minimum Gasteiger partial charge on any atom is -0.748 e. The van der Waals surface area contributed by atoms with Gasteiger partial charge in [-0.05, 0) is 6.42 Å². The van der Waals surface area contributed by atoms with Crippen LogP contribution in [0.25, 0.3) is 0 Å². The third-order valence-corrected chi connectivity index (χ3v) is 2.54. The second-order valence-electron chi connectivity index (χ2n) is 3.03. The number of unbranched alkanes of at least 4 members (excludes halogenated alkanes) is 5. The second-order valence-corrected chi connectivity index (χ2v) is 4.55. The summed E-state index contributed by atoms with van der Waals surface area (Å²) in [6.07, 6.45) is 5.96. The van der Waals surface area contributed by atoms with E-state index in [9.17, 15) is 13.0 Å². The van der Waals surface area contributed by atoms with E-state index in [4.69, 9.17) is 0 Å². The van der Waals surface area contributed by atoms with E-state index < -0.39 is 10.1 Å². The van der Waals surface area contributed by atoms with Gasteiger partial charge in [-0.3, -0.25) is 4.70 Å². The summed E-state index contributed by atoms with van der Waals surface area (Å²) in [4.78, 5) is 0. The van der Waals surface area contributed by atoms with E-state index in [1.165, 1.54) is 12.8 Å². The van der Waals surface area contributed by atoms with E-state index in [1.54, 1.807) is 0 Å². The summed E-state index contributed by atoms with van der Waals surface area (Å²) in [6, 6.07) is 0. The maximum absolute atomic E-state index is 10.2. The molecule has 14 heavy (non-hydrogen) atoms. The Labute approximate surface area is 129 Å².